The minimum atomic E-state index is -0.876. The first-order valence-corrected chi connectivity index (χ1v) is 6.38. The molecular formula is C15H20O4. The first-order valence-electron chi connectivity index (χ1n) is 6.38. The van der Waals surface area contributed by atoms with E-state index in [1.54, 1.807) is 12.1 Å². The molecule has 4 nitrogen and oxygen atoms in total. The predicted molar refractivity (Wildman–Crippen MR) is 71.9 cm³/mol. The molecule has 2 rings (SSSR count). The fourth-order valence-electron chi connectivity index (χ4n) is 2.44. The standard InChI is InChI=1S/C15H20O4/c1-14(2,3)9-8-12(19-4)10(7-11(9)16)15(5-6-15)13(17)18/h7-8,16H,5-6H2,1-4H3,(H,17,18). The Morgan fingerprint density at radius 3 is 2.26 bits per heavy atom. The van der Waals surface area contributed by atoms with E-state index in [9.17, 15) is 15.0 Å². The van der Waals surface area contributed by atoms with Gasteiger partial charge in [0.25, 0.3) is 0 Å². The van der Waals surface area contributed by atoms with Gasteiger partial charge < -0.3 is 14.9 Å². The highest BCUT2D eigenvalue weighted by Gasteiger charge is 2.53. The Kier molecular flexibility index (Phi) is 3.00. The van der Waals surface area contributed by atoms with Gasteiger partial charge in [-0.2, -0.15) is 0 Å². The SMILES string of the molecule is COc1cc(C(C)(C)C)c(O)cc1C1(C(=O)O)CC1. The number of carbonyl (C=O) groups is 1. The number of carboxylic acid groups (broad SMARTS) is 1. The molecule has 0 heterocycles. The molecule has 0 spiro atoms. The molecule has 104 valence electrons. The summed E-state index contributed by atoms with van der Waals surface area (Å²) in [6.45, 7) is 5.97. The second-order valence-electron chi connectivity index (χ2n) is 6.21. The van der Waals surface area contributed by atoms with Gasteiger partial charge in [0.05, 0.1) is 12.5 Å². The van der Waals surface area contributed by atoms with Crippen molar-refractivity contribution in [3.8, 4) is 11.5 Å². The maximum absolute atomic E-state index is 11.4. The van der Waals surface area contributed by atoms with Crippen LogP contribution < -0.4 is 4.74 Å². The van der Waals surface area contributed by atoms with Crippen molar-refractivity contribution in [2.75, 3.05) is 7.11 Å². The Labute approximate surface area is 113 Å². The molecule has 1 aliphatic rings. The second-order valence-corrected chi connectivity index (χ2v) is 6.21. The number of rotatable bonds is 3. The summed E-state index contributed by atoms with van der Waals surface area (Å²) < 4.78 is 5.34. The van der Waals surface area contributed by atoms with Crippen LogP contribution in [0.15, 0.2) is 12.1 Å². The molecule has 0 unspecified atom stereocenters. The third kappa shape index (κ3) is 2.15. The van der Waals surface area contributed by atoms with Crippen molar-refractivity contribution in [1.82, 2.24) is 0 Å². The van der Waals surface area contributed by atoms with Crippen LogP contribution in [0.4, 0.5) is 0 Å². The highest BCUT2D eigenvalue weighted by molar-refractivity contribution is 5.86. The van der Waals surface area contributed by atoms with Gasteiger partial charge in [-0.3, -0.25) is 4.79 Å². The van der Waals surface area contributed by atoms with Gasteiger partial charge >= 0.3 is 5.97 Å². The largest absolute Gasteiger partial charge is 0.508 e. The highest BCUT2D eigenvalue weighted by Crippen LogP contribution is 2.53. The molecule has 1 aromatic carbocycles. The Bertz CT molecular complexity index is 522. The summed E-state index contributed by atoms with van der Waals surface area (Å²) >= 11 is 0. The van der Waals surface area contributed by atoms with E-state index in [4.69, 9.17) is 4.74 Å². The van der Waals surface area contributed by atoms with Gasteiger partial charge in [0.15, 0.2) is 0 Å². The first kappa shape index (κ1) is 13.7. The van der Waals surface area contributed by atoms with Crippen LogP contribution in [0.2, 0.25) is 0 Å². The fourth-order valence-corrected chi connectivity index (χ4v) is 2.44. The molecule has 0 amide bonds. The van der Waals surface area contributed by atoms with Gasteiger partial charge in [-0.05, 0) is 30.4 Å². The van der Waals surface area contributed by atoms with E-state index >= 15 is 0 Å². The van der Waals surface area contributed by atoms with Crippen LogP contribution in [0.25, 0.3) is 0 Å². The summed E-state index contributed by atoms with van der Waals surface area (Å²) in [6, 6.07) is 3.31. The summed E-state index contributed by atoms with van der Waals surface area (Å²) in [7, 11) is 1.53. The molecule has 2 N–H and O–H groups in total. The summed E-state index contributed by atoms with van der Waals surface area (Å²) in [6.07, 6.45) is 1.18. The maximum Gasteiger partial charge on any atom is 0.314 e. The number of aliphatic carboxylic acids is 1. The monoisotopic (exact) mass is 264 g/mol. The van der Waals surface area contributed by atoms with Crippen LogP contribution in [0.5, 0.6) is 11.5 Å². The lowest BCUT2D eigenvalue weighted by molar-refractivity contribution is -0.140. The van der Waals surface area contributed by atoms with Crippen LogP contribution in [0.3, 0.4) is 0 Å². The lowest BCUT2D eigenvalue weighted by Crippen LogP contribution is -2.21. The molecule has 19 heavy (non-hydrogen) atoms. The highest BCUT2D eigenvalue weighted by atomic mass is 16.5. The number of benzene rings is 1. The van der Waals surface area contributed by atoms with Crippen molar-refractivity contribution in [3.05, 3.63) is 23.3 Å². The number of phenolic OH excluding ortho intramolecular Hbond substituents is 1. The van der Waals surface area contributed by atoms with Gasteiger partial charge in [-0.15, -0.1) is 0 Å². The van der Waals surface area contributed by atoms with E-state index in [2.05, 4.69) is 0 Å². The van der Waals surface area contributed by atoms with E-state index in [1.165, 1.54) is 7.11 Å². The van der Waals surface area contributed by atoms with Crippen molar-refractivity contribution in [3.63, 3.8) is 0 Å². The van der Waals surface area contributed by atoms with Crippen LogP contribution >= 0.6 is 0 Å². The predicted octanol–water partition coefficient (Wildman–Crippen LogP) is 2.81. The zero-order valence-electron chi connectivity index (χ0n) is 11.8. The molecule has 4 heteroatoms. The van der Waals surface area contributed by atoms with E-state index in [-0.39, 0.29) is 11.2 Å². The number of carboxylic acids is 1. The van der Waals surface area contributed by atoms with Crippen LogP contribution in [-0.2, 0) is 15.6 Å². The number of phenols is 1. The van der Waals surface area contributed by atoms with Gasteiger partial charge in [-0.1, -0.05) is 20.8 Å². The fraction of sp³-hybridized carbons (Fsp3) is 0.533. The van der Waals surface area contributed by atoms with E-state index in [1.807, 2.05) is 20.8 Å². The molecule has 0 radical (unpaired) electrons. The minimum absolute atomic E-state index is 0.135. The quantitative estimate of drug-likeness (QED) is 0.881. The molecule has 1 aliphatic carbocycles. The van der Waals surface area contributed by atoms with Gasteiger partial charge in [0.1, 0.15) is 11.5 Å². The van der Waals surface area contributed by atoms with Gasteiger partial charge in [0, 0.05) is 11.1 Å². The lowest BCUT2D eigenvalue weighted by atomic mass is 9.83. The average molecular weight is 264 g/mol. The van der Waals surface area contributed by atoms with Crippen molar-refractivity contribution in [1.29, 1.82) is 0 Å². The van der Waals surface area contributed by atoms with Crippen LogP contribution in [0, 0.1) is 0 Å². The number of methoxy groups -OCH3 is 1. The molecule has 0 aliphatic heterocycles. The summed E-state index contributed by atoms with van der Waals surface area (Å²) in [4.78, 5) is 11.4. The van der Waals surface area contributed by atoms with Crippen molar-refractivity contribution >= 4 is 5.97 Å². The Balaban J connectivity index is 2.59. The molecule has 0 bridgehead atoms. The average Bonchev–Trinajstić information content (AvgIpc) is 3.08. The number of hydrogen-bond acceptors (Lipinski definition) is 3. The second kappa shape index (κ2) is 4.15. The number of hydrogen-bond donors (Lipinski definition) is 2. The van der Waals surface area contributed by atoms with Crippen LogP contribution in [-0.4, -0.2) is 23.3 Å². The summed E-state index contributed by atoms with van der Waals surface area (Å²) in [5, 5.41) is 19.5. The lowest BCUT2D eigenvalue weighted by Gasteiger charge is -2.24. The normalized spacial score (nSPS) is 17.1. The third-order valence-electron chi connectivity index (χ3n) is 3.80. The maximum atomic E-state index is 11.4. The summed E-state index contributed by atoms with van der Waals surface area (Å²) in [5.41, 5.74) is 0.233. The molecule has 1 fully saturated rings. The van der Waals surface area contributed by atoms with Crippen molar-refractivity contribution in [2.45, 2.75) is 44.4 Å². The first-order chi connectivity index (χ1) is 8.72. The smallest absolute Gasteiger partial charge is 0.314 e. The molecular weight excluding hydrogens is 244 g/mol. The van der Waals surface area contributed by atoms with E-state index in [0.29, 0.717) is 24.2 Å². The minimum Gasteiger partial charge on any atom is -0.508 e. The van der Waals surface area contributed by atoms with Crippen LogP contribution in [0.1, 0.15) is 44.7 Å². The van der Waals surface area contributed by atoms with Crippen molar-refractivity contribution < 1.29 is 19.7 Å². The molecule has 1 saturated carbocycles. The van der Waals surface area contributed by atoms with E-state index < -0.39 is 11.4 Å². The number of aromatic hydroxyl groups is 1. The zero-order chi connectivity index (χ0) is 14.4. The molecule has 0 atom stereocenters. The Hall–Kier alpha value is -1.71. The van der Waals surface area contributed by atoms with Gasteiger partial charge in [0.2, 0.25) is 0 Å². The third-order valence-corrected chi connectivity index (χ3v) is 3.80. The Morgan fingerprint density at radius 2 is 1.89 bits per heavy atom. The zero-order valence-corrected chi connectivity index (χ0v) is 11.8. The Morgan fingerprint density at radius 1 is 1.32 bits per heavy atom. The number of ether oxygens (including phenoxy) is 1. The molecule has 0 saturated heterocycles. The topological polar surface area (TPSA) is 66.8 Å². The van der Waals surface area contributed by atoms with Crippen molar-refractivity contribution in [2.24, 2.45) is 0 Å². The van der Waals surface area contributed by atoms with Gasteiger partial charge in [-0.25, -0.2) is 0 Å². The van der Waals surface area contributed by atoms with E-state index in [0.717, 1.165) is 5.56 Å². The molecule has 1 aromatic rings. The summed E-state index contributed by atoms with van der Waals surface area (Å²) in [5.74, 6) is -0.174. The molecule has 0 aromatic heterocycles.